The molecule has 0 spiro atoms. The average Bonchev–Trinajstić information content (AvgIpc) is 4.04. The van der Waals surface area contributed by atoms with Gasteiger partial charge in [0.15, 0.2) is 0 Å². The van der Waals surface area contributed by atoms with Crippen LogP contribution < -0.4 is 4.90 Å². The molecule has 0 fully saturated rings. The van der Waals surface area contributed by atoms with Crippen molar-refractivity contribution < 1.29 is 4.42 Å². The monoisotopic (exact) mass is 956 g/mol. The van der Waals surface area contributed by atoms with Crippen LogP contribution in [0.3, 0.4) is 0 Å². The van der Waals surface area contributed by atoms with Crippen molar-refractivity contribution in [3.05, 3.63) is 291 Å². The lowest BCUT2D eigenvalue weighted by molar-refractivity contribution is 0.669. The van der Waals surface area contributed by atoms with Crippen LogP contribution in [0.25, 0.3) is 116 Å². The number of furan rings is 1. The van der Waals surface area contributed by atoms with E-state index < -0.39 is 0 Å². The molecule has 3 heteroatoms. The maximum absolute atomic E-state index is 6.16. The molecule has 0 aliphatic heterocycles. The minimum absolute atomic E-state index is 0.908. The molecule has 3 nitrogen and oxygen atoms in total. The number of para-hydroxylation sites is 2. The van der Waals surface area contributed by atoms with E-state index >= 15 is 0 Å². The maximum atomic E-state index is 6.16. The van der Waals surface area contributed by atoms with E-state index in [1.54, 1.807) is 0 Å². The van der Waals surface area contributed by atoms with Gasteiger partial charge >= 0.3 is 0 Å². The Morgan fingerprint density at radius 3 is 1.05 bits per heavy atom. The maximum Gasteiger partial charge on any atom is 0.135 e. The zero-order valence-corrected chi connectivity index (χ0v) is 41.0. The van der Waals surface area contributed by atoms with Crippen molar-refractivity contribution in [2.45, 2.75) is 0 Å². The van der Waals surface area contributed by atoms with Gasteiger partial charge in [-0.3, -0.25) is 0 Å². The minimum Gasteiger partial charge on any atom is -0.456 e. The molecule has 0 aliphatic rings. The zero-order valence-electron chi connectivity index (χ0n) is 41.0. The molecule has 0 atom stereocenters. The molecule has 0 amide bonds. The van der Waals surface area contributed by atoms with Crippen LogP contribution in [0.5, 0.6) is 0 Å². The molecular weight excluding hydrogens is 909 g/mol. The van der Waals surface area contributed by atoms with E-state index in [0.29, 0.717) is 0 Å². The van der Waals surface area contributed by atoms with E-state index in [0.717, 1.165) is 55.8 Å². The second-order valence-electron chi connectivity index (χ2n) is 19.3. The van der Waals surface area contributed by atoms with Gasteiger partial charge in [-0.05, 0) is 152 Å². The molecule has 0 aliphatic carbocycles. The highest BCUT2D eigenvalue weighted by atomic mass is 16.3. The molecule has 0 radical (unpaired) electrons. The van der Waals surface area contributed by atoms with Gasteiger partial charge in [0.25, 0.3) is 0 Å². The molecule has 2 heterocycles. The van der Waals surface area contributed by atoms with E-state index in [4.69, 9.17) is 4.42 Å². The van der Waals surface area contributed by atoms with Crippen LogP contribution in [0.2, 0.25) is 0 Å². The number of hydrogen-bond acceptors (Lipinski definition) is 2. The van der Waals surface area contributed by atoms with Crippen LogP contribution in [0.1, 0.15) is 0 Å². The van der Waals surface area contributed by atoms with Crippen LogP contribution >= 0.6 is 0 Å². The summed E-state index contributed by atoms with van der Waals surface area (Å²) < 4.78 is 8.55. The summed E-state index contributed by atoms with van der Waals surface area (Å²) >= 11 is 0. The first kappa shape index (κ1) is 43.8. The van der Waals surface area contributed by atoms with Gasteiger partial charge in [-0.2, -0.15) is 0 Å². The van der Waals surface area contributed by atoms with E-state index in [2.05, 4.69) is 289 Å². The van der Waals surface area contributed by atoms with Gasteiger partial charge in [-0.15, -0.1) is 0 Å². The summed E-state index contributed by atoms with van der Waals surface area (Å²) in [5.41, 5.74) is 22.8. The number of fused-ring (bicyclic) bond motifs is 6. The summed E-state index contributed by atoms with van der Waals surface area (Å²) in [4.78, 5) is 2.35. The molecule has 0 saturated heterocycles. The van der Waals surface area contributed by atoms with E-state index in [9.17, 15) is 0 Å². The third kappa shape index (κ3) is 8.14. The third-order valence-electron chi connectivity index (χ3n) is 14.9. The standard InChI is InChI=1S/C72H48N2O/c1-3-11-49(12-4-1)51-19-23-53(24-20-51)55-27-37-61(38-28-55)73(62-39-29-56(30-40-62)54-25-21-52(22-26-54)50-13-5-2-6-14-50)63-41-31-57(32-42-63)58-33-43-64(44-34-58)74-69-17-9-7-15-65(69)67-47-59(35-45-70(67)74)60-36-46-72-68(48-60)66-16-8-10-18-71(66)75-72/h1-48H. The molecule has 12 aromatic carbocycles. The molecule has 0 unspecified atom stereocenters. The minimum atomic E-state index is 0.908. The third-order valence-corrected chi connectivity index (χ3v) is 14.9. The van der Waals surface area contributed by atoms with E-state index in [1.165, 1.54) is 77.4 Å². The van der Waals surface area contributed by atoms with Gasteiger partial charge in [0.05, 0.1) is 11.0 Å². The molecule has 0 saturated carbocycles. The Bertz CT molecular complexity index is 4200. The van der Waals surface area contributed by atoms with Gasteiger partial charge in [0.2, 0.25) is 0 Å². The summed E-state index contributed by atoms with van der Waals surface area (Å²) in [6.45, 7) is 0. The summed E-state index contributed by atoms with van der Waals surface area (Å²) in [5, 5.41) is 4.73. The fourth-order valence-electron chi connectivity index (χ4n) is 11.0. The highest BCUT2D eigenvalue weighted by Crippen LogP contribution is 2.41. The molecule has 0 N–H and O–H groups in total. The predicted octanol–water partition coefficient (Wildman–Crippen LogP) is 20.2. The van der Waals surface area contributed by atoms with Crippen LogP contribution in [0.15, 0.2) is 296 Å². The lowest BCUT2D eigenvalue weighted by Crippen LogP contribution is -2.09. The van der Waals surface area contributed by atoms with Crippen molar-refractivity contribution in [2.75, 3.05) is 4.90 Å². The summed E-state index contributed by atoms with van der Waals surface area (Å²) in [6, 6.07) is 105. The van der Waals surface area contributed by atoms with Crippen molar-refractivity contribution in [1.29, 1.82) is 0 Å². The number of aromatic nitrogens is 1. The molecular formula is C72H48N2O. The van der Waals surface area contributed by atoms with Crippen molar-refractivity contribution in [3.63, 3.8) is 0 Å². The summed E-state index contributed by atoms with van der Waals surface area (Å²) in [6.07, 6.45) is 0. The first-order valence-electron chi connectivity index (χ1n) is 25.6. The Kier molecular flexibility index (Phi) is 10.8. The van der Waals surface area contributed by atoms with Crippen LogP contribution in [-0.4, -0.2) is 4.57 Å². The zero-order chi connectivity index (χ0) is 49.7. The lowest BCUT2D eigenvalue weighted by atomic mass is 9.99. The lowest BCUT2D eigenvalue weighted by Gasteiger charge is -2.26. The van der Waals surface area contributed by atoms with Gasteiger partial charge in [-0.25, -0.2) is 0 Å². The van der Waals surface area contributed by atoms with Crippen molar-refractivity contribution in [2.24, 2.45) is 0 Å². The van der Waals surface area contributed by atoms with E-state index in [1.807, 2.05) is 12.1 Å². The van der Waals surface area contributed by atoms with Gasteiger partial charge in [-0.1, -0.05) is 206 Å². The Morgan fingerprint density at radius 2 is 0.560 bits per heavy atom. The van der Waals surface area contributed by atoms with Crippen LogP contribution in [0.4, 0.5) is 17.1 Å². The molecule has 75 heavy (non-hydrogen) atoms. The Morgan fingerprint density at radius 1 is 0.227 bits per heavy atom. The van der Waals surface area contributed by atoms with Gasteiger partial charge < -0.3 is 13.9 Å². The van der Waals surface area contributed by atoms with Crippen LogP contribution in [-0.2, 0) is 0 Å². The average molecular weight is 957 g/mol. The highest BCUT2D eigenvalue weighted by molar-refractivity contribution is 6.11. The second kappa shape index (κ2) is 18.6. The number of anilines is 3. The van der Waals surface area contributed by atoms with E-state index in [-0.39, 0.29) is 0 Å². The van der Waals surface area contributed by atoms with Gasteiger partial charge in [0, 0.05) is 44.3 Å². The molecule has 2 aromatic heterocycles. The van der Waals surface area contributed by atoms with Crippen molar-refractivity contribution >= 4 is 60.8 Å². The Labute approximate surface area is 436 Å². The smallest absolute Gasteiger partial charge is 0.135 e. The molecule has 0 bridgehead atoms. The summed E-state index contributed by atoms with van der Waals surface area (Å²) in [5.74, 6) is 0. The number of rotatable bonds is 10. The van der Waals surface area contributed by atoms with Crippen molar-refractivity contribution in [3.8, 4) is 72.4 Å². The van der Waals surface area contributed by atoms with Crippen molar-refractivity contribution in [1.82, 2.24) is 4.57 Å². The normalized spacial score (nSPS) is 11.5. The molecule has 14 aromatic rings. The predicted molar refractivity (Wildman–Crippen MR) is 315 cm³/mol. The highest BCUT2D eigenvalue weighted by Gasteiger charge is 2.17. The number of benzene rings is 12. The number of hydrogen-bond donors (Lipinski definition) is 0. The largest absolute Gasteiger partial charge is 0.456 e. The fourth-order valence-corrected chi connectivity index (χ4v) is 11.0. The SMILES string of the molecule is c1ccc(-c2ccc(-c3ccc(N(c4ccc(-c5ccc(-c6ccccc6)cc5)cc4)c4ccc(-c5ccc(-n6c7ccccc7c7cc(-c8ccc9oc%10ccccc%10c9c8)ccc76)cc5)cc4)cc3)cc2)cc1. The Hall–Kier alpha value is -9.96. The first-order chi connectivity index (χ1) is 37.1. The van der Waals surface area contributed by atoms with Gasteiger partial charge in [0.1, 0.15) is 11.2 Å². The van der Waals surface area contributed by atoms with Crippen LogP contribution in [0, 0.1) is 0 Å². The Balaban J connectivity index is 0.768. The fraction of sp³-hybridized carbons (Fsp3) is 0. The summed E-state index contributed by atoms with van der Waals surface area (Å²) in [7, 11) is 0. The topological polar surface area (TPSA) is 21.3 Å². The quantitative estimate of drug-likeness (QED) is 0.136. The molecule has 14 rings (SSSR count). The first-order valence-corrected chi connectivity index (χ1v) is 25.6. The number of nitrogens with zero attached hydrogens (tertiary/aromatic N) is 2. The molecule has 352 valence electrons. The second-order valence-corrected chi connectivity index (χ2v) is 19.3.